The summed E-state index contributed by atoms with van der Waals surface area (Å²) in [4.78, 5) is 24.6. The van der Waals surface area contributed by atoms with Crippen molar-refractivity contribution in [3.8, 4) is 5.75 Å². The van der Waals surface area contributed by atoms with Crippen molar-refractivity contribution in [1.29, 1.82) is 0 Å². The van der Waals surface area contributed by atoms with Crippen LogP contribution in [0.5, 0.6) is 5.75 Å². The van der Waals surface area contributed by atoms with Crippen molar-refractivity contribution >= 4 is 22.5 Å². The second kappa shape index (κ2) is 7.04. The van der Waals surface area contributed by atoms with Gasteiger partial charge in [-0.25, -0.2) is 0 Å². The number of methoxy groups -OCH3 is 2. The molecule has 4 nitrogen and oxygen atoms in total. The molecule has 0 spiro atoms. The third-order valence-electron chi connectivity index (χ3n) is 5.00. The predicted molar refractivity (Wildman–Crippen MR) is 92.3 cm³/mol. The quantitative estimate of drug-likeness (QED) is 0.629. The third-order valence-corrected chi connectivity index (χ3v) is 5.00. The average molecular weight is 326 g/mol. The molecular formula is C20H22O4. The van der Waals surface area contributed by atoms with Crippen molar-refractivity contribution in [2.75, 3.05) is 14.2 Å². The second-order valence-corrected chi connectivity index (χ2v) is 6.30. The lowest BCUT2D eigenvalue weighted by atomic mass is 9.78. The molecule has 24 heavy (non-hydrogen) atoms. The molecule has 0 saturated heterocycles. The number of hydrogen-bond acceptors (Lipinski definition) is 4. The Labute approximate surface area is 141 Å². The summed E-state index contributed by atoms with van der Waals surface area (Å²) in [5.74, 6) is 0.693. The number of fused-ring (bicyclic) bond motifs is 1. The Morgan fingerprint density at radius 1 is 0.875 bits per heavy atom. The van der Waals surface area contributed by atoms with Crippen LogP contribution in [0.25, 0.3) is 10.8 Å². The largest absolute Gasteiger partial charge is 0.496 e. The Morgan fingerprint density at radius 3 is 2.12 bits per heavy atom. The summed E-state index contributed by atoms with van der Waals surface area (Å²) in [5, 5.41) is 1.88. The Hall–Kier alpha value is -2.36. The van der Waals surface area contributed by atoms with Crippen LogP contribution in [0, 0.1) is 11.8 Å². The van der Waals surface area contributed by atoms with Crippen LogP contribution in [0.4, 0.5) is 0 Å². The first-order valence-electron chi connectivity index (χ1n) is 8.33. The fraction of sp³-hybridized carbons (Fsp3) is 0.400. The zero-order valence-corrected chi connectivity index (χ0v) is 14.1. The van der Waals surface area contributed by atoms with Gasteiger partial charge in [-0.2, -0.15) is 0 Å². The Balaban J connectivity index is 1.84. The first kappa shape index (κ1) is 16.5. The SMILES string of the molecule is COC(=O)C1CCC(C(=O)c2ccc(OC)c3ccccc23)CC1. The smallest absolute Gasteiger partial charge is 0.308 e. The number of carbonyl (C=O) groups is 2. The molecule has 1 aliphatic rings. The molecule has 0 aliphatic heterocycles. The Bertz CT molecular complexity index is 757. The van der Waals surface area contributed by atoms with E-state index >= 15 is 0 Å². The highest BCUT2D eigenvalue weighted by molar-refractivity contribution is 6.10. The van der Waals surface area contributed by atoms with Crippen molar-refractivity contribution in [2.45, 2.75) is 25.7 Å². The number of ether oxygens (including phenoxy) is 2. The topological polar surface area (TPSA) is 52.6 Å². The highest BCUT2D eigenvalue weighted by atomic mass is 16.5. The molecule has 0 bridgehead atoms. The molecule has 2 aromatic carbocycles. The van der Waals surface area contributed by atoms with Gasteiger partial charge in [0.05, 0.1) is 20.1 Å². The van der Waals surface area contributed by atoms with Gasteiger partial charge in [-0.15, -0.1) is 0 Å². The van der Waals surface area contributed by atoms with E-state index in [1.807, 2.05) is 36.4 Å². The summed E-state index contributed by atoms with van der Waals surface area (Å²) in [5.41, 5.74) is 0.743. The average Bonchev–Trinajstić information content (AvgIpc) is 2.66. The molecule has 0 heterocycles. The van der Waals surface area contributed by atoms with Crippen molar-refractivity contribution < 1.29 is 19.1 Å². The number of carbonyl (C=O) groups excluding carboxylic acids is 2. The molecule has 3 rings (SSSR count). The second-order valence-electron chi connectivity index (χ2n) is 6.30. The zero-order valence-electron chi connectivity index (χ0n) is 14.1. The van der Waals surface area contributed by atoms with E-state index in [9.17, 15) is 9.59 Å². The van der Waals surface area contributed by atoms with E-state index in [0.717, 1.165) is 47.8 Å². The first-order chi connectivity index (χ1) is 11.7. The van der Waals surface area contributed by atoms with Crippen molar-refractivity contribution in [1.82, 2.24) is 0 Å². The van der Waals surface area contributed by atoms with E-state index in [2.05, 4.69) is 0 Å². The summed E-state index contributed by atoms with van der Waals surface area (Å²) in [7, 11) is 3.06. The van der Waals surface area contributed by atoms with Gasteiger partial charge < -0.3 is 9.47 Å². The van der Waals surface area contributed by atoms with Crippen LogP contribution in [0.2, 0.25) is 0 Å². The van der Waals surface area contributed by atoms with E-state index in [0.29, 0.717) is 0 Å². The molecule has 0 amide bonds. The van der Waals surface area contributed by atoms with Crippen molar-refractivity contribution in [3.63, 3.8) is 0 Å². The summed E-state index contributed by atoms with van der Waals surface area (Å²) in [6.07, 6.45) is 2.91. The third kappa shape index (κ3) is 3.01. The van der Waals surface area contributed by atoms with Gasteiger partial charge in [0.25, 0.3) is 0 Å². The van der Waals surface area contributed by atoms with E-state index in [1.165, 1.54) is 7.11 Å². The van der Waals surface area contributed by atoms with Gasteiger partial charge in [0.2, 0.25) is 0 Å². The Kier molecular flexibility index (Phi) is 4.84. The van der Waals surface area contributed by atoms with Crippen molar-refractivity contribution in [3.05, 3.63) is 42.0 Å². The lowest BCUT2D eigenvalue weighted by Gasteiger charge is -2.26. The van der Waals surface area contributed by atoms with Gasteiger partial charge >= 0.3 is 5.97 Å². The first-order valence-corrected chi connectivity index (χ1v) is 8.33. The lowest BCUT2D eigenvalue weighted by molar-refractivity contribution is -0.146. The molecule has 1 saturated carbocycles. The lowest BCUT2D eigenvalue weighted by Crippen LogP contribution is -2.26. The fourth-order valence-electron chi connectivity index (χ4n) is 3.64. The van der Waals surface area contributed by atoms with Gasteiger partial charge in [-0.3, -0.25) is 9.59 Å². The molecular weight excluding hydrogens is 304 g/mol. The van der Waals surface area contributed by atoms with Crippen LogP contribution >= 0.6 is 0 Å². The van der Waals surface area contributed by atoms with E-state index in [-0.39, 0.29) is 23.6 Å². The predicted octanol–water partition coefficient (Wildman–Crippen LogP) is 4.01. The van der Waals surface area contributed by atoms with Gasteiger partial charge in [-0.05, 0) is 43.2 Å². The standard InChI is InChI=1S/C20H22O4/c1-23-18-12-11-17(15-5-3-4-6-16(15)18)19(21)13-7-9-14(10-8-13)20(22)24-2/h3-6,11-14H,7-10H2,1-2H3. The molecule has 1 aliphatic carbocycles. The van der Waals surface area contributed by atoms with Crippen LogP contribution in [0.15, 0.2) is 36.4 Å². The van der Waals surface area contributed by atoms with Gasteiger partial charge in [-0.1, -0.05) is 24.3 Å². The van der Waals surface area contributed by atoms with Gasteiger partial charge in [0.1, 0.15) is 5.75 Å². The molecule has 4 heteroatoms. The van der Waals surface area contributed by atoms with Crippen LogP contribution in [0.3, 0.4) is 0 Å². The molecule has 0 aromatic heterocycles. The number of ketones is 1. The van der Waals surface area contributed by atoms with Crippen LogP contribution < -0.4 is 4.74 Å². The van der Waals surface area contributed by atoms with Gasteiger partial charge in [0.15, 0.2) is 5.78 Å². The number of esters is 1. The highest BCUT2D eigenvalue weighted by Gasteiger charge is 2.31. The van der Waals surface area contributed by atoms with Crippen LogP contribution in [-0.4, -0.2) is 26.0 Å². The minimum Gasteiger partial charge on any atom is -0.496 e. The van der Waals surface area contributed by atoms with E-state index < -0.39 is 0 Å². The maximum Gasteiger partial charge on any atom is 0.308 e. The summed E-state index contributed by atoms with van der Waals surface area (Å²) < 4.78 is 10.2. The molecule has 126 valence electrons. The monoisotopic (exact) mass is 326 g/mol. The normalized spacial score (nSPS) is 20.6. The number of benzene rings is 2. The van der Waals surface area contributed by atoms with E-state index in [4.69, 9.17) is 9.47 Å². The molecule has 0 atom stereocenters. The zero-order chi connectivity index (χ0) is 17.1. The number of Topliss-reactive ketones (excluding diaryl/α,β-unsaturated/α-hetero) is 1. The van der Waals surface area contributed by atoms with Crippen molar-refractivity contribution in [2.24, 2.45) is 11.8 Å². The highest BCUT2D eigenvalue weighted by Crippen LogP contribution is 2.35. The van der Waals surface area contributed by atoms with Crippen LogP contribution in [0.1, 0.15) is 36.0 Å². The Morgan fingerprint density at radius 2 is 1.50 bits per heavy atom. The minimum absolute atomic E-state index is 0.0253. The fourth-order valence-corrected chi connectivity index (χ4v) is 3.64. The number of rotatable bonds is 4. The maximum absolute atomic E-state index is 13.0. The molecule has 0 radical (unpaired) electrons. The van der Waals surface area contributed by atoms with Crippen LogP contribution in [-0.2, 0) is 9.53 Å². The summed E-state index contributed by atoms with van der Waals surface area (Å²) >= 11 is 0. The number of hydrogen-bond donors (Lipinski definition) is 0. The maximum atomic E-state index is 13.0. The summed E-state index contributed by atoms with van der Waals surface area (Å²) in [6.45, 7) is 0. The molecule has 0 unspecified atom stereocenters. The molecule has 2 aromatic rings. The molecule has 0 N–H and O–H groups in total. The van der Waals surface area contributed by atoms with Gasteiger partial charge in [0, 0.05) is 16.9 Å². The van der Waals surface area contributed by atoms with E-state index in [1.54, 1.807) is 7.11 Å². The molecule has 1 fully saturated rings. The summed E-state index contributed by atoms with van der Waals surface area (Å²) in [6, 6.07) is 11.5. The minimum atomic E-state index is -0.157.